The van der Waals surface area contributed by atoms with E-state index in [2.05, 4.69) is 42.3 Å². The zero-order valence-electron chi connectivity index (χ0n) is 20.4. The normalized spacial score (nSPS) is 11.4. The Morgan fingerprint density at radius 1 is 0.586 bits per heavy atom. The van der Waals surface area contributed by atoms with Crippen LogP contribution in [-0.4, -0.2) is 4.57 Å². The number of nitrogens with zero attached hydrogens (tertiary/aromatic N) is 2. The molecular formula is C27H53N2+. The molecule has 0 aliphatic heterocycles. The van der Waals surface area contributed by atoms with Gasteiger partial charge in [-0.15, -0.1) is 0 Å². The Labute approximate surface area is 183 Å². The summed E-state index contributed by atoms with van der Waals surface area (Å²) in [7, 11) is 0. The molecule has 1 heterocycles. The van der Waals surface area contributed by atoms with Crippen LogP contribution < -0.4 is 4.57 Å². The van der Waals surface area contributed by atoms with Gasteiger partial charge in [-0.3, -0.25) is 0 Å². The third-order valence-corrected chi connectivity index (χ3v) is 6.31. The fraction of sp³-hybridized carbons (Fsp3) is 0.889. The minimum Gasteiger partial charge on any atom is -0.234 e. The van der Waals surface area contributed by atoms with Crippen LogP contribution in [0.5, 0.6) is 0 Å². The van der Waals surface area contributed by atoms with Crippen LogP contribution in [0.4, 0.5) is 0 Å². The first-order valence-electron chi connectivity index (χ1n) is 13.4. The predicted octanol–water partition coefficient (Wildman–Crippen LogP) is 8.40. The average molecular weight is 406 g/mol. The molecule has 0 aliphatic rings. The van der Waals surface area contributed by atoms with Crippen molar-refractivity contribution in [2.45, 2.75) is 156 Å². The second-order valence-electron chi connectivity index (χ2n) is 9.15. The summed E-state index contributed by atoms with van der Waals surface area (Å²) in [4.78, 5) is 0. The smallest absolute Gasteiger partial charge is 0.234 e. The molecule has 0 fully saturated rings. The van der Waals surface area contributed by atoms with Crippen LogP contribution in [-0.2, 0) is 19.5 Å². The maximum Gasteiger partial charge on any atom is 0.256 e. The fourth-order valence-electron chi connectivity index (χ4n) is 4.44. The first-order valence-corrected chi connectivity index (χ1v) is 13.4. The lowest BCUT2D eigenvalue weighted by Crippen LogP contribution is -2.37. The van der Waals surface area contributed by atoms with Crippen molar-refractivity contribution in [3.8, 4) is 0 Å². The molecule has 0 saturated carbocycles. The van der Waals surface area contributed by atoms with Crippen molar-refractivity contribution in [2.75, 3.05) is 0 Å². The van der Waals surface area contributed by atoms with Gasteiger partial charge in [0.2, 0.25) is 0 Å². The Hall–Kier alpha value is -0.790. The monoisotopic (exact) mass is 405 g/mol. The highest BCUT2D eigenvalue weighted by atomic mass is 15.1. The molecule has 2 heteroatoms. The van der Waals surface area contributed by atoms with Crippen LogP contribution in [0.2, 0.25) is 0 Å². The average Bonchev–Trinajstić information content (AvgIpc) is 3.10. The van der Waals surface area contributed by atoms with Crippen LogP contribution in [0.1, 0.15) is 142 Å². The van der Waals surface area contributed by atoms with Gasteiger partial charge < -0.3 is 0 Å². The molecular weight excluding hydrogens is 352 g/mol. The van der Waals surface area contributed by atoms with Crippen LogP contribution in [0, 0.1) is 0 Å². The summed E-state index contributed by atoms with van der Waals surface area (Å²) in [5.74, 6) is 1.58. The van der Waals surface area contributed by atoms with E-state index in [1.165, 1.54) is 135 Å². The summed E-state index contributed by atoms with van der Waals surface area (Å²) >= 11 is 0. The molecule has 0 amide bonds. The second-order valence-corrected chi connectivity index (χ2v) is 9.15. The molecule has 1 rings (SSSR count). The molecule has 1 aromatic heterocycles. The zero-order chi connectivity index (χ0) is 21.0. The van der Waals surface area contributed by atoms with Crippen LogP contribution >= 0.6 is 0 Å². The van der Waals surface area contributed by atoms with E-state index < -0.39 is 0 Å². The minimum absolute atomic E-state index is 1.18. The third-order valence-electron chi connectivity index (χ3n) is 6.31. The molecule has 0 saturated heterocycles. The maximum atomic E-state index is 2.56. The van der Waals surface area contributed by atoms with Gasteiger partial charge in [0.1, 0.15) is 12.4 Å². The van der Waals surface area contributed by atoms with Crippen LogP contribution in [0.15, 0.2) is 12.4 Å². The van der Waals surface area contributed by atoms with E-state index >= 15 is 0 Å². The molecule has 0 radical (unpaired) electrons. The van der Waals surface area contributed by atoms with Crippen molar-refractivity contribution in [1.29, 1.82) is 0 Å². The fourth-order valence-corrected chi connectivity index (χ4v) is 4.44. The van der Waals surface area contributed by atoms with Gasteiger partial charge in [0.15, 0.2) is 0 Å². The first kappa shape index (κ1) is 26.2. The predicted molar refractivity (Wildman–Crippen MR) is 128 cm³/mol. The lowest BCUT2D eigenvalue weighted by atomic mass is 10.1. The van der Waals surface area contributed by atoms with E-state index in [9.17, 15) is 0 Å². The number of hydrogen-bond acceptors (Lipinski definition) is 0. The van der Waals surface area contributed by atoms with Crippen LogP contribution in [0.3, 0.4) is 0 Å². The highest BCUT2D eigenvalue weighted by Gasteiger charge is 2.15. The van der Waals surface area contributed by atoms with Gasteiger partial charge in [-0.05, 0) is 25.7 Å². The standard InChI is InChI=1S/C27H53N2/c1-4-7-9-11-12-13-14-15-16-17-19-21-24-29-26-25-28(23-6-3)27(29)22-20-18-10-8-5-2/h25-26H,4-24H2,1-3H3/q+1. The maximum absolute atomic E-state index is 2.56. The van der Waals surface area contributed by atoms with Crippen molar-refractivity contribution >= 4 is 0 Å². The number of rotatable bonds is 21. The number of hydrogen-bond donors (Lipinski definition) is 0. The van der Waals surface area contributed by atoms with Gasteiger partial charge in [0.05, 0.1) is 13.1 Å². The molecule has 0 bridgehead atoms. The summed E-state index contributed by atoms with van der Waals surface area (Å²) in [5, 5.41) is 0. The highest BCUT2D eigenvalue weighted by Crippen LogP contribution is 2.12. The Bertz CT molecular complexity index is 463. The Balaban J connectivity index is 2.14. The van der Waals surface area contributed by atoms with Gasteiger partial charge in [-0.2, -0.15) is 0 Å². The SMILES string of the molecule is CCCCCCCCCCCCCC[n+]1ccn(CCC)c1CCCCCCC. The Morgan fingerprint density at radius 3 is 1.59 bits per heavy atom. The second kappa shape index (κ2) is 19.2. The summed E-state index contributed by atoms with van der Waals surface area (Å²) < 4.78 is 5.08. The summed E-state index contributed by atoms with van der Waals surface area (Å²) in [6, 6.07) is 0. The van der Waals surface area contributed by atoms with Crippen molar-refractivity contribution in [3.05, 3.63) is 18.2 Å². The first-order chi connectivity index (χ1) is 14.3. The number of imidazole rings is 1. The van der Waals surface area contributed by atoms with E-state index in [0.717, 1.165) is 0 Å². The van der Waals surface area contributed by atoms with Gasteiger partial charge in [-0.1, -0.05) is 111 Å². The van der Waals surface area contributed by atoms with Gasteiger partial charge in [0.25, 0.3) is 5.82 Å². The zero-order valence-corrected chi connectivity index (χ0v) is 20.4. The topological polar surface area (TPSA) is 8.81 Å². The van der Waals surface area contributed by atoms with Crippen molar-refractivity contribution in [2.24, 2.45) is 0 Å². The lowest BCUT2D eigenvalue weighted by molar-refractivity contribution is -0.704. The van der Waals surface area contributed by atoms with E-state index in [-0.39, 0.29) is 0 Å². The summed E-state index contributed by atoms with van der Waals surface area (Å²) in [6.07, 6.45) is 31.2. The molecule has 29 heavy (non-hydrogen) atoms. The molecule has 170 valence electrons. The minimum atomic E-state index is 1.18. The molecule has 0 aromatic carbocycles. The van der Waals surface area contributed by atoms with Gasteiger partial charge >= 0.3 is 0 Å². The van der Waals surface area contributed by atoms with Gasteiger partial charge in [-0.25, -0.2) is 9.13 Å². The Morgan fingerprint density at radius 2 is 1.07 bits per heavy atom. The number of aryl methyl sites for hydroxylation is 2. The molecule has 2 nitrogen and oxygen atoms in total. The van der Waals surface area contributed by atoms with E-state index in [0.29, 0.717) is 0 Å². The van der Waals surface area contributed by atoms with Crippen LogP contribution in [0.25, 0.3) is 0 Å². The Kier molecular flexibility index (Phi) is 17.4. The van der Waals surface area contributed by atoms with Crippen molar-refractivity contribution in [1.82, 2.24) is 4.57 Å². The van der Waals surface area contributed by atoms with E-state index in [1.807, 2.05) is 0 Å². The molecule has 0 atom stereocenters. The highest BCUT2D eigenvalue weighted by molar-refractivity contribution is 4.84. The molecule has 0 unspecified atom stereocenters. The molecule has 0 spiro atoms. The number of unbranched alkanes of at least 4 members (excludes halogenated alkanes) is 15. The van der Waals surface area contributed by atoms with E-state index in [4.69, 9.17) is 0 Å². The quantitative estimate of drug-likeness (QED) is 0.143. The lowest BCUT2D eigenvalue weighted by Gasteiger charge is -2.06. The summed E-state index contributed by atoms with van der Waals surface area (Å²) in [5.41, 5.74) is 0. The van der Waals surface area contributed by atoms with E-state index in [1.54, 1.807) is 5.82 Å². The molecule has 0 aliphatic carbocycles. The molecule has 1 aromatic rings. The van der Waals surface area contributed by atoms with Crippen molar-refractivity contribution in [3.63, 3.8) is 0 Å². The number of aromatic nitrogens is 2. The van der Waals surface area contributed by atoms with Crippen molar-refractivity contribution < 1.29 is 4.57 Å². The largest absolute Gasteiger partial charge is 0.256 e. The third kappa shape index (κ3) is 13.2. The molecule has 0 N–H and O–H groups in total. The summed E-state index contributed by atoms with van der Waals surface area (Å²) in [6.45, 7) is 9.29. The van der Waals surface area contributed by atoms with Gasteiger partial charge in [0, 0.05) is 6.42 Å².